The van der Waals surface area contributed by atoms with Crippen molar-refractivity contribution in [1.29, 1.82) is 0 Å². The molecule has 3 amide bonds. The number of piperidine rings is 1. The highest BCUT2D eigenvalue weighted by molar-refractivity contribution is 5.80. The molecule has 3 fully saturated rings. The molecule has 2 saturated heterocycles. The molecule has 0 aromatic carbocycles. The molecular formula is C20H36N4O2. The lowest BCUT2D eigenvalue weighted by atomic mass is 9.57. The number of nitrogens with zero attached hydrogens (tertiary/aromatic N) is 4. The standard InChI is InChI=1S/C20H36N4O2/c1-16(2)22-8-5-9-23(13-12-22)18(25)17-14-20(15-17)6-10-24(11-7-20)19(26)21(3)4/h16-17H,5-15H2,1-4H3. The van der Waals surface area contributed by atoms with Gasteiger partial charge in [0.15, 0.2) is 0 Å². The minimum Gasteiger partial charge on any atom is -0.341 e. The van der Waals surface area contributed by atoms with Gasteiger partial charge in [-0.2, -0.15) is 0 Å². The van der Waals surface area contributed by atoms with Crippen LogP contribution in [0.4, 0.5) is 4.79 Å². The quantitative estimate of drug-likeness (QED) is 0.754. The third-order valence-electron chi connectivity index (χ3n) is 6.76. The van der Waals surface area contributed by atoms with Crippen LogP contribution < -0.4 is 0 Å². The molecule has 0 unspecified atom stereocenters. The van der Waals surface area contributed by atoms with E-state index in [9.17, 15) is 9.59 Å². The van der Waals surface area contributed by atoms with Gasteiger partial charge in [-0.05, 0) is 51.4 Å². The maximum absolute atomic E-state index is 12.9. The Morgan fingerprint density at radius 2 is 1.58 bits per heavy atom. The van der Waals surface area contributed by atoms with E-state index < -0.39 is 0 Å². The first-order valence-electron chi connectivity index (χ1n) is 10.3. The van der Waals surface area contributed by atoms with Crippen molar-refractivity contribution >= 4 is 11.9 Å². The molecule has 1 spiro atoms. The van der Waals surface area contributed by atoms with Crippen molar-refractivity contribution in [2.75, 3.05) is 53.4 Å². The van der Waals surface area contributed by atoms with Crippen LogP contribution in [0.15, 0.2) is 0 Å². The predicted molar refractivity (Wildman–Crippen MR) is 103 cm³/mol. The number of carbonyl (C=O) groups excluding carboxylic acids is 2. The average molecular weight is 365 g/mol. The van der Waals surface area contributed by atoms with Crippen LogP contribution in [0, 0.1) is 11.3 Å². The zero-order valence-electron chi connectivity index (χ0n) is 17.0. The van der Waals surface area contributed by atoms with Crippen molar-refractivity contribution in [3.05, 3.63) is 0 Å². The minimum absolute atomic E-state index is 0.117. The molecule has 0 radical (unpaired) electrons. The Morgan fingerprint density at radius 3 is 2.15 bits per heavy atom. The van der Waals surface area contributed by atoms with E-state index in [1.165, 1.54) is 0 Å². The molecular weight excluding hydrogens is 328 g/mol. The highest BCUT2D eigenvalue weighted by Crippen LogP contribution is 2.53. The van der Waals surface area contributed by atoms with Crippen LogP contribution in [-0.2, 0) is 4.79 Å². The summed E-state index contributed by atoms with van der Waals surface area (Å²) in [5, 5.41) is 0. The molecule has 1 saturated carbocycles. The van der Waals surface area contributed by atoms with Crippen LogP contribution >= 0.6 is 0 Å². The summed E-state index contributed by atoms with van der Waals surface area (Å²) in [5.74, 6) is 0.602. The van der Waals surface area contributed by atoms with E-state index in [1.807, 2.05) is 19.0 Å². The monoisotopic (exact) mass is 364 g/mol. The summed E-state index contributed by atoms with van der Waals surface area (Å²) in [6.45, 7) is 10.0. The molecule has 0 bridgehead atoms. The normalized spacial score (nSPS) is 24.5. The first-order valence-corrected chi connectivity index (χ1v) is 10.3. The maximum Gasteiger partial charge on any atom is 0.319 e. The van der Waals surface area contributed by atoms with Crippen LogP contribution in [-0.4, -0.2) is 90.9 Å². The lowest BCUT2D eigenvalue weighted by Gasteiger charge is -2.52. The van der Waals surface area contributed by atoms with Gasteiger partial charge in [-0.15, -0.1) is 0 Å². The fraction of sp³-hybridized carbons (Fsp3) is 0.900. The van der Waals surface area contributed by atoms with E-state index in [0.717, 1.165) is 71.4 Å². The average Bonchev–Trinajstić information content (AvgIpc) is 2.84. The number of hydrogen-bond acceptors (Lipinski definition) is 3. The number of hydrogen-bond donors (Lipinski definition) is 0. The molecule has 0 atom stereocenters. The van der Waals surface area contributed by atoms with Crippen LogP contribution in [0.1, 0.15) is 46.0 Å². The van der Waals surface area contributed by atoms with Crippen molar-refractivity contribution in [3.8, 4) is 0 Å². The molecule has 0 aromatic rings. The molecule has 148 valence electrons. The first-order chi connectivity index (χ1) is 12.3. The van der Waals surface area contributed by atoms with Gasteiger partial charge in [-0.3, -0.25) is 9.69 Å². The molecule has 26 heavy (non-hydrogen) atoms. The lowest BCUT2D eigenvalue weighted by Crippen LogP contribution is -2.54. The Kier molecular flexibility index (Phi) is 5.80. The second kappa shape index (κ2) is 7.75. The Labute approximate surface area is 158 Å². The topological polar surface area (TPSA) is 47.1 Å². The van der Waals surface area contributed by atoms with Crippen LogP contribution in [0.5, 0.6) is 0 Å². The Hall–Kier alpha value is -1.30. The van der Waals surface area contributed by atoms with E-state index in [2.05, 4.69) is 23.6 Å². The Balaban J connectivity index is 1.46. The third kappa shape index (κ3) is 4.00. The smallest absolute Gasteiger partial charge is 0.319 e. The van der Waals surface area contributed by atoms with Gasteiger partial charge < -0.3 is 14.7 Å². The fourth-order valence-corrected chi connectivity index (χ4v) is 4.96. The highest BCUT2D eigenvalue weighted by Gasteiger charge is 2.49. The second-order valence-corrected chi connectivity index (χ2v) is 9.08. The summed E-state index contributed by atoms with van der Waals surface area (Å²) in [6.07, 6.45) is 5.25. The number of carbonyl (C=O) groups is 2. The van der Waals surface area contributed by atoms with E-state index in [0.29, 0.717) is 17.4 Å². The largest absolute Gasteiger partial charge is 0.341 e. The summed E-state index contributed by atoms with van der Waals surface area (Å²) in [6, 6.07) is 0.679. The molecule has 3 aliphatic rings. The lowest BCUT2D eigenvalue weighted by molar-refractivity contribution is -0.145. The van der Waals surface area contributed by atoms with Crippen LogP contribution in [0.3, 0.4) is 0 Å². The van der Waals surface area contributed by atoms with Crippen LogP contribution in [0.25, 0.3) is 0 Å². The van der Waals surface area contributed by atoms with E-state index in [4.69, 9.17) is 0 Å². The van der Waals surface area contributed by atoms with E-state index in [1.54, 1.807) is 4.90 Å². The Bertz CT molecular complexity index is 518. The minimum atomic E-state index is 0.117. The molecule has 2 heterocycles. The number of urea groups is 1. The highest BCUT2D eigenvalue weighted by atomic mass is 16.2. The van der Waals surface area contributed by atoms with Gasteiger partial charge in [0.05, 0.1) is 0 Å². The predicted octanol–water partition coefficient (Wildman–Crippen LogP) is 2.10. The molecule has 2 aliphatic heterocycles. The molecule has 6 nitrogen and oxygen atoms in total. The number of rotatable bonds is 2. The van der Waals surface area contributed by atoms with Gasteiger partial charge >= 0.3 is 6.03 Å². The first kappa shape index (κ1) is 19.5. The third-order valence-corrected chi connectivity index (χ3v) is 6.76. The summed E-state index contributed by atoms with van der Waals surface area (Å²) >= 11 is 0. The van der Waals surface area contributed by atoms with E-state index >= 15 is 0 Å². The van der Waals surface area contributed by atoms with Crippen molar-refractivity contribution in [3.63, 3.8) is 0 Å². The maximum atomic E-state index is 12.9. The van der Waals surface area contributed by atoms with Crippen molar-refractivity contribution in [1.82, 2.24) is 19.6 Å². The second-order valence-electron chi connectivity index (χ2n) is 9.08. The van der Waals surface area contributed by atoms with E-state index in [-0.39, 0.29) is 11.9 Å². The summed E-state index contributed by atoms with van der Waals surface area (Å²) in [7, 11) is 3.62. The van der Waals surface area contributed by atoms with Gasteiger partial charge in [0.1, 0.15) is 0 Å². The molecule has 0 N–H and O–H groups in total. The number of likely N-dealkylation sites (tertiary alicyclic amines) is 1. The molecule has 1 aliphatic carbocycles. The zero-order chi connectivity index (χ0) is 18.9. The van der Waals surface area contributed by atoms with Crippen molar-refractivity contribution < 1.29 is 9.59 Å². The summed E-state index contributed by atoms with van der Waals surface area (Å²) in [5.41, 5.74) is 0.319. The fourth-order valence-electron chi connectivity index (χ4n) is 4.96. The van der Waals surface area contributed by atoms with Gasteiger partial charge in [0, 0.05) is 65.3 Å². The molecule has 6 heteroatoms. The van der Waals surface area contributed by atoms with Crippen molar-refractivity contribution in [2.24, 2.45) is 11.3 Å². The molecule has 3 rings (SSSR count). The van der Waals surface area contributed by atoms with Gasteiger partial charge in [0.2, 0.25) is 5.91 Å². The van der Waals surface area contributed by atoms with Gasteiger partial charge in [0.25, 0.3) is 0 Å². The Morgan fingerprint density at radius 1 is 0.923 bits per heavy atom. The zero-order valence-corrected chi connectivity index (χ0v) is 17.0. The molecule has 0 aromatic heterocycles. The summed E-state index contributed by atoms with van der Waals surface area (Å²) < 4.78 is 0. The van der Waals surface area contributed by atoms with Gasteiger partial charge in [-0.25, -0.2) is 4.79 Å². The van der Waals surface area contributed by atoms with Gasteiger partial charge in [-0.1, -0.05) is 0 Å². The number of amides is 3. The SMILES string of the molecule is CC(C)N1CCCN(C(=O)C2CC3(CCN(C(=O)N(C)C)CC3)C2)CC1. The van der Waals surface area contributed by atoms with Crippen LogP contribution in [0.2, 0.25) is 0 Å². The summed E-state index contributed by atoms with van der Waals surface area (Å²) in [4.78, 5) is 33.2. The van der Waals surface area contributed by atoms with Crippen molar-refractivity contribution in [2.45, 2.75) is 52.0 Å².